The van der Waals surface area contributed by atoms with Gasteiger partial charge in [-0.3, -0.25) is 4.79 Å². The summed E-state index contributed by atoms with van der Waals surface area (Å²) in [6.45, 7) is 5.01. The van der Waals surface area contributed by atoms with Crippen LogP contribution in [0.4, 0.5) is 0 Å². The first-order chi connectivity index (χ1) is 13.5. The summed E-state index contributed by atoms with van der Waals surface area (Å²) in [5.74, 6) is 2.29. The van der Waals surface area contributed by atoms with Crippen molar-refractivity contribution in [2.75, 3.05) is 20.2 Å². The van der Waals surface area contributed by atoms with E-state index in [1.165, 1.54) is 0 Å². The van der Waals surface area contributed by atoms with Crippen molar-refractivity contribution in [1.82, 2.24) is 14.9 Å². The number of nitrogens with zero attached hydrogens (tertiary/aromatic N) is 3. The summed E-state index contributed by atoms with van der Waals surface area (Å²) in [6.07, 6.45) is 1.54. The van der Waals surface area contributed by atoms with E-state index in [1.807, 2.05) is 43.0 Å². The number of carbonyl (C=O) groups is 1. The van der Waals surface area contributed by atoms with Crippen LogP contribution < -0.4 is 9.47 Å². The minimum Gasteiger partial charge on any atom is -0.497 e. The highest BCUT2D eigenvalue weighted by atomic mass is 16.5. The van der Waals surface area contributed by atoms with E-state index < -0.39 is 0 Å². The van der Waals surface area contributed by atoms with Crippen LogP contribution in [0.3, 0.4) is 0 Å². The van der Waals surface area contributed by atoms with Crippen LogP contribution in [0.15, 0.2) is 34.7 Å². The molecule has 1 saturated heterocycles. The van der Waals surface area contributed by atoms with E-state index in [2.05, 4.69) is 9.97 Å². The van der Waals surface area contributed by atoms with E-state index in [4.69, 9.17) is 13.9 Å². The Kier molecular flexibility index (Phi) is 4.90. The Morgan fingerprint density at radius 1 is 1.14 bits per heavy atom. The summed E-state index contributed by atoms with van der Waals surface area (Å²) < 4.78 is 17.0. The summed E-state index contributed by atoms with van der Waals surface area (Å²) in [6, 6.07) is 9.11. The van der Waals surface area contributed by atoms with Gasteiger partial charge in [0.2, 0.25) is 5.88 Å². The van der Waals surface area contributed by atoms with Crippen LogP contribution in [0.25, 0.3) is 11.0 Å². The van der Waals surface area contributed by atoms with Gasteiger partial charge in [0, 0.05) is 43.1 Å². The molecule has 0 atom stereocenters. The smallest absolute Gasteiger partial charge is 0.289 e. The van der Waals surface area contributed by atoms with Gasteiger partial charge in [0.05, 0.1) is 7.11 Å². The molecule has 1 aliphatic rings. The highest BCUT2D eigenvalue weighted by molar-refractivity contribution is 5.96. The Hall–Kier alpha value is -3.09. The first-order valence-corrected chi connectivity index (χ1v) is 9.37. The van der Waals surface area contributed by atoms with Gasteiger partial charge in [-0.2, -0.15) is 4.98 Å². The van der Waals surface area contributed by atoms with Crippen molar-refractivity contribution in [3.63, 3.8) is 0 Å². The molecule has 1 aliphatic heterocycles. The fourth-order valence-corrected chi connectivity index (χ4v) is 3.50. The molecule has 28 heavy (non-hydrogen) atoms. The van der Waals surface area contributed by atoms with Crippen molar-refractivity contribution in [1.29, 1.82) is 0 Å². The molecule has 0 N–H and O–H groups in total. The molecule has 0 spiro atoms. The number of rotatable bonds is 4. The van der Waals surface area contributed by atoms with Gasteiger partial charge in [0.15, 0.2) is 5.76 Å². The van der Waals surface area contributed by atoms with Crippen LogP contribution in [0.2, 0.25) is 0 Å². The zero-order valence-corrected chi connectivity index (χ0v) is 16.3. The Morgan fingerprint density at radius 3 is 2.64 bits per heavy atom. The molecule has 7 nitrogen and oxygen atoms in total. The zero-order chi connectivity index (χ0) is 19.7. The van der Waals surface area contributed by atoms with E-state index in [0.717, 1.165) is 29.7 Å². The van der Waals surface area contributed by atoms with Crippen molar-refractivity contribution < 1.29 is 18.7 Å². The highest BCUT2D eigenvalue weighted by Gasteiger charge is 2.27. The van der Waals surface area contributed by atoms with Gasteiger partial charge >= 0.3 is 0 Å². The van der Waals surface area contributed by atoms with Crippen molar-refractivity contribution in [3.05, 3.63) is 47.6 Å². The largest absolute Gasteiger partial charge is 0.497 e. The second-order valence-corrected chi connectivity index (χ2v) is 7.02. The topological polar surface area (TPSA) is 77.7 Å². The first-order valence-electron chi connectivity index (χ1n) is 9.37. The zero-order valence-electron chi connectivity index (χ0n) is 16.3. The van der Waals surface area contributed by atoms with Crippen LogP contribution in [-0.2, 0) is 0 Å². The maximum Gasteiger partial charge on any atom is 0.289 e. The molecule has 0 unspecified atom stereocenters. The van der Waals surface area contributed by atoms with E-state index in [-0.39, 0.29) is 12.0 Å². The van der Waals surface area contributed by atoms with Crippen LogP contribution in [0, 0.1) is 13.8 Å². The number of hydrogen-bond acceptors (Lipinski definition) is 6. The summed E-state index contributed by atoms with van der Waals surface area (Å²) >= 11 is 0. The number of ether oxygens (including phenoxy) is 2. The van der Waals surface area contributed by atoms with Crippen LogP contribution in [0.1, 0.15) is 34.9 Å². The first kappa shape index (κ1) is 18.3. The molecule has 1 amide bonds. The fraction of sp³-hybridized carbons (Fsp3) is 0.381. The number of aryl methyl sites for hydroxylation is 2. The lowest BCUT2D eigenvalue weighted by Crippen LogP contribution is -2.41. The Morgan fingerprint density at radius 2 is 1.93 bits per heavy atom. The number of fused-ring (bicyclic) bond motifs is 1. The average Bonchev–Trinajstić information content (AvgIpc) is 3.10. The van der Waals surface area contributed by atoms with Gasteiger partial charge in [-0.25, -0.2) is 4.98 Å². The maximum atomic E-state index is 12.8. The molecule has 1 aromatic carbocycles. The third-order valence-corrected chi connectivity index (χ3v) is 4.89. The van der Waals surface area contributed by atoms with Gasteiger partial charge in [0.1, 0.15) is 23.3 Å². The number of piperidine rings is 1. The lowest BCUT2D eigenvalue weighted by molar-refractivity contribution is 0.0561. The molecule has 0 bridgehead atoms. The second kappa shape index (κ2) is 7.50. The SMILES string of the molecule is COc1ccc2oc(C(=O)N3CCC(Oc4cc(C)nc(C)n4)CC3)cc2c1. The van der Waals surface area contributed by atoms with E-state index in [1.54, 1.807) is 13.2 Å². The second-order valence-electron chi connectivity index (χ2n) is 7.02. The number of amides is 1. The molecule has 146 valence electrons. The van der Waals surface area contributed by atoms with Gasteiger partial charge < -0.3 is 18.8 Å². The standard InChI is InChI=1S/C21H23N3O4/c1-13-10-20(23-14(2)22-13)27-16-6-8-24(9-7-16)21(25)19-12-15-11-17(26-3)4-5-18(15)28-19/h4-5,10-12,16H,6-9H2,1-3H3. The average molecular weight is 381 g/mol. The molecule has 1 fully saturated rings. The predicted octanol–water partition coefficient (Wildman–Crippen LogP) is 3.53. The van der Waals surface area contributed by atoms with Crippen LogP contribution in [-0.4, -0.2) is 47.1 Å². The molecule has 4 rings (SSSR count). The molecule has 0 radical (unpaired) electrons. The molecule has 2 aromatic heterocycles. The number of hydrogen-bond donors (Lipinski definition) is 0. The van der Waals surface area contributed by atoms with Crippen LogP contribution in [0.5, 0.6) is 11.6 Å². The fourth-order valence-electron chi connectivity index (χ4n) is 3.50. The number of aromatic nitrogens is 2. The lowest BCUT2D eigenvalue weighted by atomic mass is 10.1. The highest BCUT2D eigenvalue weighted by Crippen LogP contribution is 2.26. The van der Waals surface area contributed by atoms with E-state index >= 15 is 0 Å². The number of likely N-dealkylation sites (tertiary alicyclic amines) is 1. The Bertz CT molecular complexity index is 986. The van der Waals surface area contributed by atoms with Crippen LogP contribution >= 0.6 is 0 Å². The number of carbonyl (C=O) groups excluding carboxylic acids is 1. The van der Waals surface area contributed by atoms with E-state index in [9.17, 15) is 4.79 Å². The maximum absolute atomic E-state index is 12.8. The van der Waals surface area contributed by atoms with Crippen molar-refractivity contribution in [3.8, 4) is 11.6 Å². The minimum atomic E-state index is -0.0951. The summed E-state index contributed by atoms with van der Waals surface area (Å²) in [4.78, 5) is 23.2. The van der Waals surface area contributed by atoms with Crippen molar-refractivity contribution in [2.45, 2.75) is 32.8 Å². The number of methoxy groups -OCH3 is 1. The quantitative estimate of drug-likeness (QED) is 0.688. The van der Waals surface area contributed by atoms with Gasteiger partial charge in [-0.15, -0.1) is 0 Å². The van der Waals surface area contributed by atoms with Crippen molar-refractivity contribution in [2.24, 2.45) is 0 Å². The van der Waals surface area contributed by atoms with E-state index in [0.29, 0.717) is 36.1 Å². The van der Waals surface area contributed by atoms with Gasteiger partial charge in [0.25, 0.3) is 5.91 Å². The lowest BCUT2D eigenvalue weighted by Gasteiger charge is -2.31. The molecular formula is C21H23N3O4. The normalized spacial score (nSPS) is 15.0. The molecule has 0 aliphatic carbocycles. The summed E-state index contributed by atoms with van der Waals surface area (Å²) in [5, 5.41) is 0.857. The van der Waals surface area contributed by atoms with Gasteiger partial charge in [-0.1, -0.05) is 0 Å². The molecular weight excluding hydrogens is 358 g/mol. The Labute approximate surface area is 163 Å². The minimum absolute atomic E-state index is 0.0395. The van der Waals surface area contributed by atoms with Crippen molar-refractivity contribution >= 4 is 16.9 Å². The molecule has 0 saturated carbocycles. The monoisotopic (exact) mass is 381 g/mol. The van der Waals surface area contributed by atoms with Gasteiger partial charge in [-0.05, 0) is 38.1 Å². The summed E-state index contributed by atoms with van der Waals surface area (Å²) in [5.41, 5.74) is 1.56. The third kappa shape index (κ3) is 3.78. The summed E-state index contributed by atoms with van der Waals surface area (Å²) in [7, 11) is 1.61. The molecule has 3 heterocycles. The number of benzene rings is 1. The molecule has 7 heteroatoms. The Balaban J connectivity index is 1.39. The molecule has 3 aromatic rings. The predicted molar refractivity (Wildman–Crippen MR) is 104 cm³/mol. The third-order valence-electron chi connectivity index (χ3n) is 4.89. The number of furan rings is 1.